The number of aromatic amines is 1. The van der Waals surface area contributed by atoms with Crippen LogP contribution in [0.3, 0.4) is 0 Å². The number of likely N-dealkylation sites (tertiary alicyclic amines) is 2. The van der Waals surface area contributed by atoms with Crippen molar-refractivity contribution in [2.45, 2.75) is 69.1 Å². The Morgan fingerprint density at radius 3 is 2.47 bits per heavy atom. The van der Waals surface area contributed by atoms with Gasteiger partial charge in [-0.15, -0.1) is 0 Å². The summed E-state index contributed by atoms with van der Waals surface area (Å²) in [6.07, 6.45) is 6.19. The Balaban J connectivity index is 1.21. The minimum absolute atomic E-state index is 0.121. The standard InChI is InChI=1S/C35H47FN4O4S/c1-24(16-25-8-10-30(11-9-25)45(4,43)44)34-31(19-37-38-34)26-12-14-39(15-13-26)20-28-21-40(23-35(2,3)18-33(41)42)22-32(28)27-6-5-7-29(36)17-27/h5-11,17,19,24,26,28,32H,12-16,18,20-23H2,1-4H3,(H,37,38)(H,41,42). The Labute approximate surface area is 266 Å². The topological polar surface area (TPSA) is 107 Å². The van der Waals surface area contributed by atoms with E-state index in [1.165, 1.54) is 17.9 Å². The zero-order valence-corrected chi connectivity index (χ0v) is 27.7. The van der Waals surface area contributed by atoms with E-state index in [9.17, 15) is 22.7 Å². The highest BCUT2D eigenvalue weighted by atomic mass is 32.2. The number of piperidine rings is 1. The lowest BCUT2D eigenvalue weighted by atomic mass is 9.84. The van der Waals surface area contributed by atoms with E-state index < -0.39 is 15.8 Å². The molecule has 0 bridgehead atoms. The van der Waals surface area contributed by atoms with Gasteiger partial charge in [0.1, 0.15) is 5.82 Å². The van der Waals surface area contributed by atoms with Crippen molar-refractivity contribution >= 4 is 15.8 Å². The fourth-order valence-electron chi connectivity index (χ4n) is 7.57. The van der Waals surface area contributed by atoms with Gasteiger partial charge in [-0.05, 0) is 90.6 Å². The van der Waals surface area contributed by atoms with Crippen LogP contribution in [0.2, 0.25) is 0 Å². The molecule has 2 aromatic carbocycles. The van der Waals surface area contributed by atoms with Crippen molar-refractivity contribution in [2.75, 3.05) is 45.5 Å². The molecule has 2 aliphatic heterocycles. The molecule has 3 unspecified atom stereocenters. The molecule has 0 amide bonds. The smallest absolute Gasteiger partial charge is 0.303 e. The molecule has 10 heteroatoms. The van der Waals surface area contributed by atoms with Crippen molar-refractivity contribution in [2.24, 2.45) is 11.3 Å². The molecular weight excluding hydrogens is 591 g/mol. The molecule has 2 saturated heterocycles. The fraction of sp³-hybridized carbons (Fsp3) is 0.543. The predicted octanol–water partition coefficient (Wildman–Crippen LogP) is 5.69. The van der Waals surface area contributed by atoms with Crippen molar-refractivity contribution in [1.29, 1.82) is 0 Å². The van der Waals surface area contributed by atoms with Crippen LogP contribution in [0.1, 0.15) is 80.2 Å². The largest absolute Gasteiger partial charge is 0.481 e. The highest BCUT2D eigenvalue weighted by molar-refractivity contribution is 7.90. The number of sulfone groups is 1. The van der Waals surface area contributed by atoms with E-state index in [0.29, 0.717) is 23.3 Å². The Bertz CT molecular complexity index is 1560. The van der Waals surface area contributed by atoms with Crippen LogP contribution in [0.5, 0.6) is 0 Å². The Morgan fingerprint density at radius 1 is 1.11 bits per heavy atom. The minimum Gasteiger partial charge on any atom is -0.481 e. The van der Waals surface area contributed by atoms with Gasteiger partial charge in [0.2, 0.25) is 0 Å². The molecule has 2 aliphatic rings. The Kier molecular flexibility index (Phi) is 10.2. The third-order valence-corrected chi connectivity index (χ3v) is 10.8. The van der Waals surface area contributed by atoms with Gasteiger partial charge in [0, 0.05) is 50.0 Å². The second kappa shape index (κ2) is 13.7. The summed E-state index contributed by atoms with van der Waals surface area (Å²) in [6, 6.07) is 14.1. The van der Waals surface area contributed by atoms with Crippen LogP contribution in [0.25, 0.3) is 0 Å². The molecule has 45 heavy (non-hydrogen) atoms. The van der Waals surface area contributed by atoms with Gasteiger partial charge < -0.3 is 14.9 Å². The van der Waals surface area contributed by atoms with E-state index in [-0.39, 0.29) is 29.5 Å². The molecule has 8 nitrogen and oxygen atoms in total. The number of benzene rings is 2. The SMILES string of the molecule is CC(Cc1ccc(S(C)(=O)=O)cc1)c1[nH]ncc1C1CCN(CC2CN(CC(C)(C)CC(=O)O)CC2c2cccc(F)c2)CC1. The second-order valence-electron chi connectivity index (χ2n) is 14.2. The van der Waals surface area contributed by atoms with E-state index in [1.807, 2.05) is 38.2 Å². The molecule has 2 fully saturated rings. The molecule has 0 aliphatic carbocycles. The summed E-state index contributed by atoms with van der Waals surface area (Å²) in [7, 11) is -3.22. The summed E-state index contributed by atoms with van der Waals surface area (Å²) < 4.78 is 37.9. The average Bonchev–Trinajstić information content (AvgIpc) is 3.60. The fourth-order valence-corrected chi connectivity index (χ4v) is 8.20. The third-order valence-electron chi connectivity index (χ3n) is 9.68. The summed E-state index contributed by atoms with van der Waals surface area (Å²) in [5.74, 6) is 0.174. The first-order chi connectivity index (χ1) is 21.3. The number of aromatic nitrogens is 2. The highest BCUT2D eigenvalue weighted by Crippen LogP contribution is 2.38. The van der Waals surface area contributed by atoms with Crippen molar-refractivity contribution in [3.05, 3.63) is 82.9 Å². The summed E-state index contributed by atoms with van der Waals surface area (Å²) in [5, 5.41) is 17.1. The molecular formula is C35H47FN4O4S. The molecule has 1 aromatic heterocycles. The lowest BCUT2D eigenvalue weighted by Gasteiger charge is -2.35. The molecule has 0 spiro atoms. The van der Waals surface area contributed by atoms with Gasteiger partial charge >= 0.3 is 5.97 Å². The number of halogens is 1. The number of aliphatic carboxylic acids is 1. The maximum absolute atomic E-state index is 14.2. The first-order valence-electron chi connectivity index (χ1n) is 16.0. The van der Waals surface area contributed by atoms with Gasteiger partial charge in [-0.1, -0.05) is 45.0 Å². The normalized spacial score (nSPS) is 21.3. The highest BCUT2D eigenvalue weighted by Gasteiger charge is 2.38. The summed E-state index contributed by atoms with van der Waals surface area (Å²) in [4.78, 5) is 16.7. The number of nitrogens with one attached hydrogen (secondary N) is 1. The molecule has 3 heterocycles. The van der Waals surface area contributed by atoms with Gasteiger partial charge in [-0.25, -0.2) is 12.8 Å². The van der Waals surface area contributed by atoms with Crippen molar-refractivity contribution in [3.8, 4) is 0 Å². The number of H-pyrrole nitrogens is 1. The van der Waals surface area contributed by atoms with E-state index >= 15 is 0 Å². The van der Waals surface area contributed by atoms with Gasteiger partial charge in [0.05, 0.1) is 17.5 Å². The summed E-state index contributed by atoms with van der Waals surface area (Å²) in [6.45, 7) is 11.5. The van der Waals surface area contributed by atoms with E-state index in [2.05, 4.69) is 26.9 Å². The van der Waals surface area contributed by atoms with Crippen LogP contribution in [-0.4, -0.2) is 85.0 Å². The first-order valence-corrected chi connectivity index (χ1v) is 17.9. The van der Waals surface area contributed by atoms with Crippen LogP contribution < -0.4 is 0 Å². The van der Waals surface area contributed by atoms with Gasteiger partial charge in [-0.3, -0.25) is 9.89 Å². The van der Waals surface area contributed by atoms with E-state index in [1.54, 1.807) is 24.3 Å². The lowest BCUT2D eigenvalue weighted by Crippen LogP contribution is -2.39. The molecule has 3 atom stereocenters. The van der Waals surface area contributed by atoms with E-state index in [0.717, 1.165) is 68.8 Å². The molecule has 2 N–H and O–H groups in total. The summed E-state index contributed by atoms with van der Waals surface area (Å²) >= 11 is 0. The zero-order chi connectivity index (χ0) is 32.4. The van der Waals surface area contributed by atoms with Crippen LogP contribution >= 0.6 is 0 Å². The van der Waals surface area contributed by atoms with Gasteiger partial charge in [0.25, 0.3) is 0 Å². The minimum atomic E-state index is -3.22. The van der Waals surface area contributed by atoms with Crippen molar-refractivity contribution in [1.82, 2.24) is 20.0 Å². The monoisotopic (exact) mass is 638 g/mol. The van der Waals surface area contributed by atoms with Crippen molar-refractivity contribution in [3.63, 3.8) is 0 Å². The molecule has 5 rings (SSSR count). The van der Waals surface area contributed by atoms with Gasteiger partial charge in [-0.2, -0.15) is 5.10 Å². The maximum atomic E-state index is 14.2. The van der Waals surface area contributed by atoms with Crippen LogP contribution in [0.15, 0.2) is 59.6 Å². The van der Waals surface area contributed by atoms with E-state index in [4.69, 9.17) is 0 Å². The number of carboxylic acid groups (broad SMARTS) is 1. The maximum Gasteiger partial charge on any atom is 0.303 e. The van der Waals surface area contributed by atoms with Crippen LogP contribution in [0.4, 0.5) is 4.39 Å². The molecule has 0 radical (unpaired) electrons. The lowest BCUT2D eigenvalue weighted by molar-refractivity contribution is -0.139. The number of carboxylic acids is 1. The van der Waals surface area contributed by atoms with Gasteiger partial charge in [0.15, 0.2) is 9.84 Å². The molecule has 244 valence electrons. The Morgan fingerprint density at radius 2 is 1.82 bits per heavy atom. The number of rotatable bonds is 12. The number of nitrogens with zero attached hydrogens (tertiary/aromatic N) is 3. The second-order valence-corrected chi connectivity index (χ2v) is 16.2. The summed E-state index contributed by atoms with van der Waals surface area (Å²) in [5.41, 5.74) is 4.21. The van der Waals surface area contributed by atoms with Crippen molar-refractivity contribution < 1.29 is 22.7 Å². The van der Waals surface area contributed by atoms with Crippen LogP contribution in [-0.2, 0) is 21.1 Å². The third kappa shape index (κ3) is 8.60. The number of hydrogen-bond acceptors (Lipinski definition) is 6. The number of hydrogen-bond donors (Lipinski definition) is 2. The average molecular weight is 639 g/mol. The first kappa shape index (κ1) is 33.3. The Hall–Kier alpha value is -3.08. The number of carbonyl (C=O) groups is 1. The molecule has 0 saturated carbocycles. The quantitative estimate of drug-likeness (QED) is 0.262. The molecule has 3 aromatic rings. The predicted molar refractivity (Wildman–Crippen MR) is 174 cm³/mol. The van der Waals surface area contributed by atoms with Crippen LogP contribution in [0, 0.1) is 17.2 Å². The zero-order valence-electron chi connectivity index (χ0n) is 26.9.